The van der Waals surface area contributed by atoms with Crippen LogP contribution in [0.5, 0.6) is 0 Å². The number of hydrogen-bond donors (Lipinski definition) is 3. The van der Waals surface area contributed by atoms with Crippen LogP contribution in [0, 0.1) is 0 Å². The van der Waals surface area contributed by atoms with E-state index >= 15 is 0 Å². The van der Waals surface area contributed by atoms with Gasteiger partial charge in [-0.05, 0) is 19.3 Å². The van der Waals surface area contributed by atoms with Crippen LogP contribution >= 0.6 is 0 Å². The second-order valence-electron chi connectivity index (χ2n) is 3.81. The molecule has 1 amide bonds. The van der Waals surface area contributed by atoms with Crippen molar-refractivity contribution in [2.75, 3.05) is 0 Å². The quantitative estimate of drug-likeness (QED) is 0.575. The number of nitrogens with two attached hydrogens (primary N) is 1. The molecular formula is C9H16N2O3. The second-order valence-corrected chi connectivity index (χ2v) is 3.81. The Kier molecular flexibility index (Phi) is 3.10. The Morgan fingerprint density at radius 1 is 1.57 bits per heavy atom. The Morgan fingerprint density at radius 2 is 2.14 bits per heavy atom. The van der Waals surface area contributed by atoms with E-state index in [1.165, 1.54) is 0 Å². The largest absolute Gasteiger partial charge is 0.480 e. The van der Waals surface area contributed by atoms with Crippen molar-refractivity contribution in [3.63, 3.8) is 0 Å². The number of carbonyl (C=O) groups is 2. The van der Waals surface area contributed by atoms with Crippen LogP contribution in [-0.2, 0) is 9.59 Å². The number of amides is 1. The fourth-order valence-electron chi connectivity index (χ4n) is 1.21. The van der Waals surface area contributed by atoms with Crippen LogP contribution in [0.3, 0.4) is 0 Å². The third-order valence-electron chi connectivity index (χ3n) is 2.42. The predicted molar refractivity (Wildman–Crippen MR) is 50.6 cm³/mol. The highest BCUT2D eigenvalue weighted by atomic mass is 16.4. The van der Waals surface area contributed by atoms with E-state index in [1.807, 2.05) is 6.92 Å². The second kappa shape index (κ2) is 3.96. The first-order valence-electron chi connectivity index (χ1n) is 4.82. The van der Waals surface area contributed by atoms with Crippen molar-refractivity contribution >= 4 is 11.9 Å². The third-order valence-corrected chi connectivity index (χ3v) is 2.42. The molecule has 1 atom stereocenters. The molecule has 4 N–H and O–H groups in total. The summed E-state index contributed by atoms with van der Waals surface area (Å²) in [6.07, 6.45) is 2.46. The first kappa shape index (κ1) is 11.0. The molecule has 1 unspecified atom stereocenters. The maximum Gasteiger partial charge on any atom is 0.326 e. The standard InChI is InChI=1S/C9H16N2O3/c1-2-3-6(7(12)13)11-8(14)9(10)4-5-9/h6H,2-5,10H2,1H3,(H,11,14)(H,12,13). The first-order valence-corrected chi connectivity index (χ1v) is 4.82. The fraction of sp³-hybridized carbons (Fsp3) is 0.778. The zero-order valence-corrected chi connectivity index (χ0v) is 8.25. The lowest BCUT2D eigenvalue weighted by Gasteiger charge is -2.16. The Balaban J connectivity index is 2.46. The highest BCUT2D eigenvalue weighted by Gasteiger charge is 2.46. The van der Waals surface area contributed by atoms with Crippen molar-refractivity contribution in [1.29, 1.82) is 0 Å². The molecule has 1 aliphatic rings. The van der Waals surface area contributed by atoms with E-state index < -0.39 is 17.6 Å². The van der Waals surface area contributed by atoms with Crippen LogP contribution in [-0.4, -0.2) is 28.6 Å². The number of carboxylic acid groups (broad SMARTS) is 1. The topological polar surface area (TPSA) is 92.4 Å². The number of carboxylic acids is 1. The van der Waals surface area contributed by atoms with Crippen LogP contribution in [0.15, 0.2) is 0 Å². The Labute approximate surface area is 82.7 Å². The minimum absolute atomic E-state index is 0.335. The Bertz CT molecular complexity index is 248. The molecule has 14 heavy (non-hydrogen) atoms. The van der Waals surface area contributed by atoms with Crippen LogP contribution < -0.4 is 11.1 Å². The van der Waals surface area contributed by atoms with Crippen molar-refractivity contribution in [2.45, 2.75) is 44.2 Å². The summed E-state index contributed by atoms with van der Waals surface area (Å²) in [7, 11) is 0. The summed E-state index contributed by atoms with van der Waals surface area (Å²) in [6, 6.07) is -0.798. The minimum Gasteiger partial charge on any atom is -0.480 e. The highest BCUT2D eigenvalue weighted by molar-refractivity contribution is 5.92. The van der Waals surface area contributed by atoms with Gasteiger partial charge in [-0.2, -0.15) is 0 Å². The molecular weight excluding hydrogens is 184 g/mol. The van der Waals surface area contributed by atoms with Gasteiger partial charge in [0.15, 0.2) is 0 Å². The number of nitrogens with one attached hydrogen (secondary N) is 1. The van der Waals surface area contributed by atoms with Gasteiger partial charge in [0.1, 0.15) is 6.04 Å². The first-order chi connectivity index (χ1) is 6.49. The van der Waals surface area contributed by atoms with Gasteiger partial charge in [0, 0.05) is 0 Å². The summed E-state index contributed by atoms with van der Waals surface area (Å²) < 4.78 is 0. The molecule has 0 aliphatic heterocycles. The van der Waals surface area contributed by atoms with E-state index in [-0.39, 0.29) is 5.91 Å². The van der Waals surface area contributed by atoms with E-state index in [2.05, 4.69) is 5.32 Å². The maximum absolute atomic E-state index is 11.4. The Hall–Kier alpha value is -1.10. The van der Waals surface area contributed by atoms with E-state index in [0.717, 1.165) is 6.42 Å². The van der Waals surface area contributed by atoms with Crippen LogP contribution in [0.4, 0.5) is 0 Å². The molecule has 80 valence electrons. The SMILES string of the molecule is CCCC(NC(=O)C1(N)CC1)C(=O)O. The fourth-order valence-corrected chi connectivity index (χ4v) is 1.21. The lowest BCUT2D eigenvalue weighted by molar-refractivity contribution is -0.142. The lowest BCUT2D eigenvalue weighted by Crippen LogP contribution is -2.49. The van der Waals surface area contributed by atoms with Crippen molar-refractivity contribution < 1.29 is 14.7 Å². The number of aliphatic carboxylic acids is 1. The molecule has 0 bridgehead atoms. The van der Waals surface area contributed by atoms with Gasteiger partial charge < -0.3 is 16.2 Å². The summed E-state index contributed by atoms with van der Waals surface area (Å²) in [5.74, 6) is -1.33. The molecule has 1 saturated carbocycles. The Morgan fingerprint density at radius 3 is 2.50 bits per heavy atom. The van der Waals surface area contributed by atoms with Gasteiger partial charge in [-0.1, -0.05) is 13.3 Å². The smallest absolute Gasteiger partial charge is 0.326 e. The molecule has 0 spiro atoms. The summed E-state index contributed by atoms with van der Waals surface area (Å²) in [4.78, 5) is 22.1. The summed E-state index contributed by atoms with van der Waals surface area (Å²) in [5.41, 5.74) is 4.84. The molecule has 1 fully saturated rings. The molecule has 0 aromatic carbocycles. The third kappa shape index (κ3) is 2.45. The van der Waals surface area contributed by atoms with Gasteiger partial charge in [0.2, 0.25) is 5.91 Å². The summed E-state index contributed by atoms with van der Waals surface area (Å²) >= 11 is 0. The van der Waals surface area contributed by atoms with Gasteiger partial charge in [-0.3, -0.25) is 4.79 Å². The number of rotatable bonds is 5. The zero-order chi connectivity index (χ0) is 10.8. The lowest BCUT2D eigenvalue weighted by atomic mass is 10.1. The van der Waals surface area contributed by atoms with E-state index in [1.54, 1.807) is 0 Å². The molecule has 5 heteroatoms. The molecule has 0 heterocycles. The average Bonchev–Trinajstić information content (AvgIpc) is 2.84. The molecule has 0 aromatic heterocycles. The molecule has 5 nitrogen and oxygen atoms in total. The summed E-state index contributed by atoms with van der Waals surface area (Å²) in [6.45, 7) is 1.87. The highest BCUT2D eigenvalue weighted by Crippen LogP contribution is 2.32. The molecule has 0 radical (unpaired) electrons. The van der Waals surface area contributed by atoms with E-state index in [4.69, 9.17) is 10.8 Å². The van der Waals surface area contributed by atoms with Crippen LogP contribution in [0.25, 0.3) is 0 Å². The molecule has 1 aliphatic carbocycles. The van der Waals surface area contributed by atoms with E-state index in [9.17, 15) is 9.59 Å². The molecule has 0 aromatic rings. The van der Waals surface area contributed by atoms with E-state index in [0.29, 0.717) is 19.3 Å². The predicted octanol–water partition coefficient (Wildman–Crippen LogP) is -0.153. The normalized spacial score (nSPS) is 19.9. The van der Waals surface area contributed by atoms with Gasteiger partial charge in [0.25, 0.3) is 0 Å². The zero-order valence-electron chi connectivity index (χ0n) is 8.25. The minimum atomic E-state index is -0.996. The maximum atomic E-state index is 11.4. The van der Waals surface area contributed by atoms with Crippen LogP contribution in [0.1, 0.15) is 32.6 Å². The van der Waals surface area contributed by atoms with Gasteiger partial charge in [-0.25, -0.2) is 4.79 Å². The van der Waals surface area contributed by atoms with Crippen LogP contribution in [0.2, 0.25) is 0 Å². The van der Waals surface area contributed by atoms with Crippen molar-refractivity contribution in [3.05, 3.63) is 0 Å². The van der Waals surface area contributed by atoms with Crippen molar-refractivity contribution in [1.82, 2.24) is 5.32 Å². The number of hydrogen-bond acceptors (Lipinski definition) is 3. The van der Waals surface area contributed by atoms with Crippen molar-refractivity contribution in [2.24, 2.45) is 5.73 Å². The monoisotopic (exact) mass is 200 g/mol. The van der Waals surface area contributed by atoms with Crippen molar-refractivity contribution in [3.8, 4) is 0 Å². The average molecular weight is 200 g/mol. The number of carbonyl (C=O) groups excluding carboxylic acids is 1. The van der Waals surface area contributed by atoms with Gasteiger partial charge >= 0.3 is 5.97 Å². The molecule has 0 saturated heterocycles. The van der Waals surface area contributed by atoms with Gasteiger partial charge in [0.05, 0.1) is 5.54 Å². The van der Waals surface area contributed by atoms with Gasteiger partial charge in [-0.15, -0.1) is 0 Å². The summed E-state index contributed by atoms with van der Waals surface area (Å²) in [5, 5.41) is 11.2. The molecule has 1 rings (SSSR count).